The summed E-state index contributed by atoms with van der Waals surface area (Å²) < 4.78 is 16.7. The third-order valence-electron chi connectivity index (χ3n) is 13.6. The summed E-state index contributed by atoms with van der Waals surface area (Å²) in [6.45, 7) is 7.78. The van der Waals surface area contributed by atoms with Gasteiger partial charge in [0.25, 0.3) is 0 Å². The SMILES string of the molecule is CC(=O)c1cccc2c1OB(O)[C@@H](CC(=O)CCC(C)O)C2.CC(=O)c1cccc2c1OB(O)[C@@H](CC(=O)Cc1ccc3c(c1)CNC3)C2.CC(=O)c1cccc2c1OB(O)[C@@H](CC(=O)Cc1ccncc1)C2. The number of carbonyl (C=O) groups excluding carboxylic acids is 6. The number of aliphatic hydroxyl groups excluding tert-OH is 1. The van der Waals surface area contributed by atoms with Gasteiger partial charge < -0.3 is 39.5 Å². The summed E-state index contributed by atoms with van der Waals surface area (Å²) in [6.07, 6.45) is 6.41. The lowest BCUT2D eigenvalue weighted by molar-refractivity contribution is -0.120. The van der Waals surface area contributed by atoms with Crippen LogP contribution in [0.2, 0.25) is 17.5 Å². The fourth-order valence-corrected chi connectivity index (χ4v) is 9.71. The van der Waals surface area contributed by atoms with E-state index in [1.165, 1.54) is 31.9 Å². The number of carbonyl (C=O) groups is 6. The summed E-state index contributed by atoms with van der Waals surface area (Å²) in [5, 5.41) is 43.2. The minimum absolute atomic E-state index is 0.000257. The number of rotatable bonds is 16. The van der Waals surface area contributed by atoms with Crippen LogP contribution in [0.15, 0.2) is 97.3 Å². The highest BCUT2D eigenvalue weighted by molar-refractivity contribution is 6.48. The lowest BCUT2D eigenvalue weighted by Crippen LogP contribution is -2.36. The first-order valence-electron chi connectivity index (χ1n) is 24.8. The van der Waals surface area contributed by atoms with Crippen molar-refractivity contribution in [2.24, 2.45) is 0 Å². The van der Waals surface area contributed by atoms with E-state index in [1.54, 1.807) is 61.8 Å². The van der Waals surface area contributed by atoms with Crippen molar-refractivity contribution < 1.29 is 62.9 Å². The molecule has 378 valence electrons. The second kappa shape index (κ2) is 24.9. The molecule has 18 heteroatoms. The highest BCUT2D eigenvalue weighted by Gasteiger charge is 2.40. The molecule has 73 heavy (non-hydrogen) atoms. The molecule has 1 aromatic heterocycles. The molecule has 4 aromatic carbocycles. The molecule has 9 rings (SSSR count). The minimum atomic E-state index is -1.09. The Morgan fingerprint density at radius 1 is 0.562 bits per heavy atom. The van der Waals surface area contributed by atoms with E-state index in [4.69, 9.17) is 14.0 Å². The smallest absolute Gasteiger partial charge is 0.526 e. The normalized spacial score (nSPS) is 17.5. The van der Waals surface area contributed by atoms with Gasteiger partial charge in [0.2, 0.25) is 0 Å². The van der Waals surface area contributed by atoms with Gasteiger partial charge in [0, 0.05) is 81.5 Å². The fourth-order valence-electron chi connectivity index (χ4n) is 9.71. The van der Waals surface area contributed by atoms with Crippen molar-refractivity contribution >= 4 is 56.1 Å². The quantitative estimate of drug-likeness (QED) is 0.0521. The molecule has 0 spiro atoms. The Bertz CT molecular complexity index is 2840. The summed E-state index contributed by atoms with van der Waals surface area (Å²) in [7, 11) is -3.26. The number of fused-ring (bicyclic) bond motifs is 4. The number of nitrogens with one attached hydrogen (secondary N) is 1. The second-order valence-corrected chi connectivity index (χ2v) is 19.5. The molecule has 5 N–H and O–H groups in total. The average Bonchev–Trinajstić information content (AvgIpc) is 3.82. The number of hydrogen-bond acceptors (Lipinski definition) is 15. The molecule has 0 bridgehead atoms. The largest absolute Gasteiger partial charge is 0.535 e. The zero-order valence-corrected chi connectivity index (χ0v) is 41.7. The Labute approximate surface area is 426 Å². The van der Waals surface area contributed by atoms with Crippen LogP contribution >= 0.6 is 0 Å². The van der Waals surface area contributed by atoms with Gasteiger partial charge in [-0.3, -0.25) is 33.8 Å². The molecular weight excluding hydrogens is 929 g/mol. The van der Waals surface area contributed by atoms with Crippen LogP contribution in [-0.2, 0) is 59.6 Å². The van der Waals surface area contributed by atoms with E-state index in [0.29, 0.717) is 78.9 Å². The fraction of sp³-hybridized carbons (Fsp3) is 0.364. The minimum Gasteiger partial charge on any atom is -0.535 e. The van der Waals surface area contributed by atoms with Gasteiger partial charge in [-0.2, -0.15) is 0 Å². The predicted molar refractivity (Wildman–Crippen MR) is 276 cm³/mol. The zero-order chi connectivity index (χ0) is 52.3. The molecule has 0 radical (unpaired) electrons. The molecule has 1 unspecified atom stereocenters. The topological polar surface area (TPSA) is 236 Å². The van der Waals surface area contributed by atoms with Gasteiger partial charge in [-0.25, -0.2) is 0 Å². The summed E-state index contributed by atoms with van der Waals surface area (Å²) in [4.78, 5) is 75.7. The van der Waals surface area contributed by atoms with E-state index in [2.05, 4.69) is 22.4 Å². The van der Waals surface area contributed by atoms with E-state index in [9.17, 15) is 48.9 Å². The van der Waals surface area contributed by atoms with E-state index >= 15 is 0 Å². The molecule has 4 atom stereocenters. The van der Waals surface area contributed by atoms with E-state index in [-0.39, 0.29) is 71.4 Å². The summed E-state index contributed by atoms with van der Waals surface area (Å²) >= 11 is 0. The van der Waals surface area contributed by atoms with Gasteiger partial charge in [0.1, 0.15) is 34.6 Å². The Morgan fingerprint density at radius 3 is 1.40 bits per heavy atom. The van der Waals surface area contributed by atoms with Gasteiger partial charge in [-0.1, -0.05) is 54.6 Å². The van der Waals surface area contributed by atoms with E-state index in [1.807, 2.05) is 30.3 Å². The van der Waals surface area contributed by atoms with Crippen LogP contribution in [0.4, 0.5) is 0 Å². The lowest BCUT2D eigenvalue weighted by Gasteiger charge is -2.28. The third kappa shape index (κ3) is 14.4. The van der Waals surface area contributed by atoms with E-state index < -0.39 is 27.5 Å². The maximum absolute atomic E-state index is 12.6. The molecular formula is C55H61B3N2O13. The first-order chi connectivity index (χ1) is 34.9. The van der Waals surface area contributed by atoms with Crippen LogP contribution in [0.1, 0.15) is 130 Å². The highest BCUT2D eigenvalue weighted by Crippen LogP contribution is 2.39. The molecule has 4 aliphatic heterocycles. The monoisotopic (exact) mass is 990 g/mol. The van der Waals surface area contributed by atoms with Gasteiger partial charge in [0.15, 0.2) is 17.3 Å². The van der Waals surface area contributed by atoms with E-state index in [0.717, 1.165) is 40.9 Å². The number of Topliss-reactive ketones (excluding diaryl/α,β-unsaturated/α-hetero) is 6. The molecule has 0 fully saturated rings. The molecule has 0 saturated heterocycles. The van der Waals surface area contributed by atoms with Crippen LogP contribution in [0.3, 0.4) is 0 Å². The van der Waals surface area contributed by atoms with Crippen LogP contribution < -0.4 is 19.3 Å². The van der Waals surface area contributed by atoms with Crippen molar-refractivity contribution in [3.63, 3.8) is 0 Å². The Balaban J connectivity index is 0.000000161. The van der Waals surface area contributed by atoms with Gasteiger partial charge in [0.05, 0.1) is 22.8 Å². The van der Waals surface area contributed by atoms with Crippen LogP contribution in [0.25, 0.3) is 0 Å². The van der Waals surface area contributed by atoms with Crippen molar-refractivity contribution in [3.8, 4) is 17.2 Å². The average molecular weight is 991 g/mol. The molecule has 0 amide bonds. The summed E-state index contributed by atoms with van der Waals surface area (Å²) in [6, 6.07) is 25.8. The molecule has 5 heterocycles. The number of benzene rings is 4. The number of hydrogen-bond donors (Lipinski definition) is 5. The highest BCUT2D eigenvalue weighted by atomic mass is 16.5. The maximum atomic E-state index is 12.6. The lowest BCUT2D eigenvalue weighted by atomic mass is 9.64. The Morgan fingerprint density at radius 2 is 0.973 bits per heavy atom. The van der Waals surface area contributed by atoms with Gasteiger partial charge >= 0.3 is 21.4 Å². The number of aliphatic hydroxyl groups is 1. The molecule has 0 aliphatic carbocycles. The molecule has 0 saturated carbocycles. The zero-order valence-electron chi connectivity index (χ0n) is 41.7. The number of ketones is 6. The number of nitrogens with zero attached hydrogens (tertiary/aromatic N) is 1. The number of para-hydroxylation sites is 3. The summed E-state index contributed by atoms with van der Waals surface area (Å²) in [5.74, 6) is 0.187. The van der Waals surface area contributed by atoms with Crippen LogP contribution in [0, 0.1) is 0 Å². The first kappa shape index (κ1) is 54.2. The van der Waals surface area contributed by atoms with Crippen molar-refractivity contribution in [2.75, 3.05) is 0 Å². The molecule has 15 nitrogen and oxygen atoms in total. The second-order valence-electron chi connectivity index (χ2n) is 19.5. The molecule has 5 aromatic rings. The van der Waals surface area contributed by atoms with Crippen LogP contribution in [0.5, 0.6) is 17.2 Å². The van der Waals surface area contributed by atoms with Crippen molar-refractivity contribution in [2.45, 2.75) is 129 Å². The van der Waals surface area contributed by atoms with Crippen molar-refractivity contribution in [3.05, 3.63) is 153 Å². The van der Waals surface area contributed by atoms with Crippen molar-refractivity contribution in [1.29, 1.82) is 0 Å². The Kier molecular flexibility index (Phi) is 18.5. The predicted octanol–water partition coefficient (Wildman–Crippen LogP) is 6.55. The third-order valence-corrected chi connectivity index (χ3v) is 13.6. The maximum Gasteiger partial charge on any atom is 0.526 e. The molecule has 4 aliphatic rings. The number of pyridine rings is 1. The standard InChI is InChI=1S/C21H22BNO4.C18H18BNO4.C16H21BO5/c1-13(24)20-4-2-3-15-9-18(22(26)27-21(15)20)10-19(25)8-14-5-6-16-11-23-12-17(16)7-14;1-12(21)17-4-2-3-14-10-15(19(23)24-18(14)17)11-16(22)9-13-5-7-20-8-6-13;1-10(18)6-7-14(20)9-13-8-12-4-3-5-15(11(2)19)16(12)22-17(13)21/h2-7,18,23,26H,8-12H2,1H3;2-8,15,23H,9-11H2,1H3;3-5,10,13,18,21H,6-9H2,1-2H3/t18-;15-;10?,13-/m111/s1. The first-order valence-corrected chi connectivity index (χ1v) is 24.8. The summed E-state index contributed by atoms with van der Waals surface area (Å²) in [5.41, 5.74) is 8.42. The van der Waals surface area contributed by atoms with Gasteiger partial charge in [-0.15, -0.1) is 0 Å². The number of aromatic nitrogens is 1. The van der Waals surface area contributed by atoms with Crippen molar-refractivity contribution in [1.82, 2.24) is 10.3 Å². The van der Waals surface area contributed by atoms with Gasteiger partial charge in [-0.05, 0) is 123 Å². The van der Waals surface area contributed by atoms with Crippen LogP contribution in [-0.4, -0.2) is 87.3 Å². The Hall–Kier alpha value is -6.56.